The highest BCUT2D eigenvalue weighted by Gasteiger charge is 2.35. The SMILES string of the molecule is C#CCNC(=O)CC(=O)N1CCN(C(=O)OC(C)(C)C)C[C@@H]1c1cccnc1. The molecule has 1 saturated heterocycles. The van der Waals surface area contributed by atoms with Crippen molar-refractivity contribution in [3.05, 3.63) is 30.1 Å². The Kier molecular flexibility index (Phi) is 6.99. The van der Waals surface area contributed by atoms with Crippen LogP contribution in [0.15, 0.2) is 24.5 Å². The molecular weight excluding hydrogens is 360 g/mol. The van der Waals surface area contributed by atoms with Crippen LogP contribution in [0, 0.1) is 12.3 Å². The Labute approximate surface area is 165 Å². The second-order valence-electron chi connectivity index (χ2n) is 7.47. The van der Waals surface area contributed by atoms with Crippen LogP contribution >= 0.6 is 0 Å². The van der Waals surface area contributed by atoms with Crippen LogP contribution in [0.25, 0.3) is 0 Å². The van der Waals surface area contributed by atoms with Crippen LogP contribution in [-0.4, -0.2) is 64.5 Å². The Balaban J connectivity index is 2.15. The molecule has 2 heterocycles. The molecule has 0 unspecified atom stereocenters. The van der Waals surface area contributed by atoms with E-state index in [1.54, 1.807) is 49.0 Å². The average molecular weight is 386 g/mol. The smallest absolute Gasteiger partial charge is 0.410 e. The minimum absolute atomic E-state index is 0.0740. The molecular formula is C20H26N4O4. The number of terminal acetylenes is 1. The molecule has 0 aromatic carbocycles. The number of aromatic nitrogens is 1. The first-order valence-electron chi connectivity index (χ1n) is 9.08. The number of pyridine rings is 1. The fourth-order valence-corrected chi connectivity index (χ4v) is 2.88. The Morgan fingerprint density at radius 3 is 2.71 bits per heavy atom. The Bertz CT molecular complexity index is 752. The summed E-state index contributed by atoms with van der Waals surface area (Å²) in [7, 11) is 0. The van der Waals surface area contributed by atoms with E-state index in [-0.39, 0.29) is 25.4 Å². The number of amides is 3. The van der Waals surface area contributed by atoms with Gasteiger partial charge in [0.15, 0.2) is 0 Å². The minimum Gasteiger partial charge on any atom is -0.444 e. The molecule has 8 heteroatoms. The summed E-state index contributed by atoms with van der Waals surface area (Å²) in [5.41, 5.74) is 0.177. The predicted octanol–water partition coefficient (Wildman–Crippen LogP) is 1.34. The van der Waals surface area contributed by atoms with Gasteiger partial charge in [-0.25, -0.2) is 4.79 Å². The maximum absolute atomic E-state index is 12.7. The van der Waals surface area contributed by atoms with Gasteiger partial charge in [0.1, 0.15) is 12.0 Å². The Hall–Kier alpha value is -3.08. The monoisotopic (exact) mass is 386 g/mol. The first-order valence-corrected chi connectivity index (χ1v) is 9.08. The molecule has 1 aromatic heterocycles. The zero-order valence-corrected chi connectivity index (χ0v) is 16.5. The summed E-state index contributed by atoms with van der Waals surface area (Å²) in [6.45, 7) is 6.36. The third kappa shape index (κ3) is 5.98. The van der Waals surface area contributed by atoms with Crippen molar-refractivity contribution >= 4 is 17.9 Å². The quantitative estimate of drug-likeness (QED) is 0.623. The van der Waals surface area contributed by atoms with E-state index in [2.05, 4.69) is 16.2 Å². The molecule has 1 fully saturated rings. The fourth-order valence-electron chi connectivity index (χ4n) is 2.88. The van der Waals surface area contributed by atoms with Crippen LogP contribution in [0.2, 0.25) is 0 Å². The molecule has 0 radical (unpaired) electrons. The molecule has 1 aromatic rings. The zero-order valence-electron chi connectivity index (χ0n) is 16.5. The molecule has 2 rings (SSSR count). The van der Waals surface area contributed by atoms with Crippen molar-refractivity contribution in [2.24, 2.45) is 0 Å². The van der Waals surface area contributed by atoms with Gasteiger partial charge in [0.25, 0.3) is 0 Å². The van der Waals surface area contributed by atoms with Crippen molar-refractivity contribution in [1.82, 2.24) is 20.1 Å². The van der Waals surface area contributed by atoms with Gasteiger partial charge < -0.3 is 19.9 Å². The summed E-state index contributed by atoms with van der Waals surface area (Å²) in [6, 6.07) is 3.20. The molecule has 0 spiro atoms. The first-order chi connectivity index (χ1) is 13.2. The van der Waals surface area contributed by atoms with Gasteiger partial charge in [-0.3, -0.25) is 14.6 Å². The van der Waals surface area contributed by atoms with Crippen LogP contribution in [0.5, 0.6) is 0 Å². The predicted molar refractivity (Wildman–Crippen MR) is 103 cm³/mol. The molecule has 0 saturated carbocycles. The highest BCUT2D eigenvalue weighted by atomic mass is 16.6. The molecule has 150 valence electrons. The van der Waals surface area contributed by atoms with Crippen LogP contribution in [0.3, 0.4) is 0 Å². The third-order valence-corrected chi connectivity index (χ3v) is 4.12. The van der Waals surface area contributed by atoms with Crippen LogP contribution in [0.1, 0.15) is 38.8 Å². The van der Waals surface area contributed by atoms with Crippen molar-refractivity contribution in [2.45, 2.75) is 38.8 Å². The fraction of sp³-hybridized carbons (Fsp3) is 0.500. The van der Waals surface area contributed by atoms with Gasteiger partial charge in [0, 0.05) is 32.0 Å². The van der Waals surface area contributed by atoms with E-state index in [0.29, 0.717) is 13.1 Å². The normalized spacial score (nSPS) is 16.9. The van der Waals surface area contributed by atoms with Gasteiger partial charge in [-0.2, -0.15) is 0 Å². The lowest BCUT2D eigenvalue weighted by atomic mass is 10.0. The summed E-state index contributed by atoms with van der Waals surface area (Å²) in [6.07, 6.45) is 7.68. The number of hydrogen-bond acceptors (Lipinski definition) is 5. The highest BCUT2D eigenvalue weighted by Crippen LogP contribution is 2.26. The van der Waals surface area contributed by atoms with Crippen molar-refractivity contribution < 1.29 is 19.1 Å². The van der Waals surface area contributed by atoms with E-state index in [1.807, 2.05) is 6.07 Å². The summed E-state index contributed by atoms with van der Waals surface area (Å²) in [5, 5.41) is 2.49. The third-order valence-electron chi connectivity index (χ3n) is 4.12. The van der Waals surface area contributed by atoms with Crippen molar-refractivity contribution in [3.63, 3.8) is 0 Å². The summed E-state index contributed by atoms with van der Waals surface area (Å²) >= 11 is 0. The lowest BCUT2D eigenvalue weighted by Crippen LogP contribution is -2.53. The number of rotatable bonds is 4. The topological polar surface area (TPSA) is 91.8 Å². The maximum Gasteiger partial charge on any atom is 0.410 e. The largest absolute Gasteiger partial charge is 0.444 e. The number of ether oxygens (including phenoxy) is 1. The van der Waals surface area contributed by atoms with Gasteiger partial charge in [-0.1, -0.05) is 12.0 Å². The zero-order chi connectivity index (χ0) is 20.7. The highest BCUT2D eigenvalue weighted by molar-refractivity contribution is 5.97. The van der Waals surface area contributed by atoms with Gasteiger partial charge in [0.05, 0.1) is 12.6 Å². The molecule has 28 heavy (non-hydrogen) atoms. The van der Waals surface area contributed by atoms with Crippen LogP contribution < -0.4 is 5.32 Å². The van der Waals surface area contributed by atoms with E-state index >= 15 is 0 Å². The molecule has 1 N–H and O–H groups in total. The van der Waals surface area contributed by atoms with Crippen LogP contribution in [0.4, 0.5) is 4.79 Å². The number of hydrogen-bond donors (Lipinski definition) is 1. The standard InChI is InChI=1S/C20H26N4O4/c1-5-8-22-17(25)12-18(26)24-11-10-23(19(27)28-20(2,3)4)14-16(24)15-7-6-9-21-13-15/h1,6-7,9,13,16H,8,10-12,14H2,2-4H3,(H,22,25)/t16-/m1/s1. The number of carbonyl (C=O) groups excluding carboxylic acids is 3. The molecule has 3 amide bonds. The molecule has 1 atom stereocenters. The molecule has 1 aliphatic heterocycles. The number of nitrogens with zero attached hydrogens (tertiary/aromatic N) is 3. The first kappa shape index (κ1) is 21.2. The van der Waals surface area contributed by atoms with E-state index in [0.717, 1.165) is 5.56 Å². The lowest BCUT2D eigenvalue weighted by Gasteiger charge is -2.41. The van der Waals surface area contributed by atoms with Gasteiger partial charge >= 0.3 is 6.09 Å². The molecule has 0 aliphatic carbocycles. The molecule has 8 nitrogen and oxygen atoms in total. The summed E-state index contributed by atoms with van der Waals surface area (Å²) < 4.78 is 5.45. The summed E-state index contributed by atoms with van der Waals surface area (Å²) in [4.78, 5) is 44.3. The van der Waals surface area contributed by atoms with Crippen molar-refractivity contribution in [1.29, 1.82) is 0 Å². The number of piperazine rings is 1. The average Bonchev–Trinajstić information content (AvgIpc) is 2.65. The van der Waals surface area contributed by atoms with E-state index in [4.69, 9.17) is 11.2 Å². The second kappa shape index (κ2) is 9.22. The van der Waals surface area contributed by atoms with Crippen molar-refractivity contribution in [2.75, 3.05) is 26.2 Å². The van der Waals surface area contributed by atoms with E-state index in [9.17, 15) is 14.4 Å². The molecule has 0 bridgehead atoms. The van der Waals surface area contributed by atoms with Gasteiger partial charge in [-0.05, 0) is 32.4 Å². The number of nitrogens with one attached hydrogen (secondary N) is 1. The van der Waals surface area contributed by atoms with Gasteiger partial charge in [0.2, 0.25) is 11.8 Å². The second-order valence-corrected chi connectivity index (χ2v) is 7.47. The van der Waals surface area contributed by atoms with Crippen molar-refractivity contribution in [3.8, 4) is 12.3 Å². The Morgan fingerprint density at radius 1 is 1.36 bits per heavy atom. The van der Waals surface area contributed by atoms with Crippen LogP contribution in [-0.2, 0) is 14.3 Å². The maximum atomic E-state index is 12.7. The lowest BCUT2D eigenvalue weighted by molar-refractivity contribution is -0.140. The van der Waals surface area contributed by atoms with Gasteiger partial charge in [-0.15, -0.1) is 6.42 Å². The Morgan fingerprint density at radius 2 is 2.11 bits per heavy atom. The summed E-state index contributed by atoms with van der Waals surface area (Å²) in [5.74, 6) is 1.54. The van der Waals surface area contributed by atoms with E-state index in [1.165, 1.54) is 0 Å². The van der Waals surface area contributed by atoms with E-state index < -0.39 is 23.6 Å². The number of carbonyl (C=O) groups is 3. The minimum atomic E-state index is -0.608. The molecule has 1 aliphatic rings.